The second kappa shape index (κ2) is 7.63. The van der Waals surface area contributed by atoms with Crippen molar-refractivity contribution < 1.29 is 9.53 Å². The Bertz CT molecular complexity index is 205. The molecule has 4 heteroatoms. The molecule has 0 bridgehead atoms. The first-order chi connectivity index (χ1) is 7.72. The van der Waals surface area contributed by atoms with Gasteiger partial charge in [-0.15, -0.1) is 0 Å². The van der Waals surface area contributed by atoms with Crippen molar-refractivity contribution in [1.29, 1.82) is 0 Å². The standard InChI is InChI=1S/C12H24N2O2/c1-3-16-9-10(2)13-8-4-5-12(15)14-11-6-7-11/h10-11,13H,3-9H2,1-2H3,(H,14,15). The largest absolute Gasteiger partial charge is 0.380 e. The van der Waals surface area contributed by atoms with Crippen molar-refractivity contribution in [3.8, 4) is 0 Å². The molecule has 1 unspecified atom stereocenters. The fourth-order valence-electron chi connectivity index (χ4n) is 1.48. The zero-order valence-corrected chi connectivity index (χ0v) is 10.4. The van der Waals surface area contributed by atoms with Crippen LogP contribution < -0.4 is 10.6 Å². The molecule has 0 radical (unpaired) electrons. The predicted octanol–water partition coefficient (Wildman–Crippen LogP) is 1.06. The summed E-state index contributed by atoms with van der Waals surface area (Å²) in [5, 5.41) is 6.32. The van der Waals surface area contributed by atoms with Gasteiger partial charge >= 0.3 is 0 Å². The number of ether oxygens (including phenoxy) is 1. The van der Waals surface area contributed by atoms with Crippen molar-refractivity contribution in [2.45, 2.75) is 51.6 Å². The van der Waals surface area contributed by atoms with Crippen LogP contribution in [-0.4, -0.2) is 37.7 Å². The number of amides is 1. The van der Waals surface area contributed by atoms with Crippen LogP contribution in [0.2, 0.25) is 0 Å². The van der Waals surface area contributed by atoms with Gasteiger partial charge in [-0.2, -0.15) is 0 Å². The summed E-state index contributed by atoms with van der Waals surface area (Å²) >= 11 is 0. The summed E-state index contributed by atoms with van der Waals surface area (Å²) in [7, 11) is 0. The summed E-state index contributed by atoms with van der Waals surface area (Å²) in [6.45, 7) is 6.47. The van der Waals surface area contributed by atoms with Crippen LogP contribution in [0.3, 0.4) is 0 Å². The molecule has 0 aromatic heterocycles. The van der Waals surface area contributed by atoms with E-state index in [9.17, 15) is 4.79 Å². The van der Waals surface area contributed by atoms with E-state index in [4.69, 9.17) is 4.74 Å². The van der Waals surface area contributed by atoms with Gasteiger partial charge in [-0.25, -0.2) is 0 Å². The van der Waals surface area contributed by atoms with Crippen LogP contribution in [0.15, 0.2) is 0 Å². The molecule has 1 amide bonds. The third-order valence-corrected chi connectivity index (χ3v) is 2.59. The highest BCUT2D eigenvalue weighted by Gasteiger charge is 2.22. The highest BCUT2D eigenvalue weighted by molar-refractivity contribution is 5.76. The molecule has 0 heterocycles. The Morgan fingerprint density at radius 3 is 2.88 bits per heavy atom. The molecule has 16 heavy (non-hydrogen) atoms. The maximum absolute atomic E-state index is 11.3. The van der Waals surface area contributed by atoms with E-state index >= 15 is 0 Å². The van der Waals surface area contributed by atoms with Crippen LogP contribution in [0.4, 0.5) is 0 Å². The van der Waals surface area contributed by atoms with E-state index in [1.54, 1.807) is 0 Å². The average Bonchev–Trinajstić information content (AvgIpc) is 3.05. The topological polar surface area (TPSA) is 50.4 Å². The summed E-state index contributed by atoms with van der Waals surface area (Å²) < 4.78 is 5.29. The number of carbonyl (C=O) groups excluding carboxylic acids is 1. The molecule has 1 fully saturated rings. The van der Waals surface area contributed by atoms with Gasteiger partial charge in [0, 0.05) is 25.1 Å². The fraction of sp³-hybridized carbons (Fsp3) is 0.917. The quantitative estimate of drug-likeness (QED) is 0.580. The Labute approximate surface area is 98.1 Å². The molecule has 1 aliphatic rings. The second-order valence-electron chi connectivity index (χ2n) is 4.46. The van der Waals surface area contributed by atoms with Gasteiger partial charge in [-0.05, 0) is 39.7 Å². The number of hydrogen-bond donors (Lipinski definition) is 2. The maximum Gasteiger partial charge on any atom is 0.220 e. The van der Waals surface area contributed by atoms with Gasteiger partial charge in [0.05, 0.1) is 6.61 Å². The second-order valence-corrected chi connectivity index (χ2v) is 4.46. The smallest absolute Gasteiger partial charge is 0.220 e. The van der Waals surface area contributed by atoms with E-state index in [1.807, 2.05) is 6.92 Å². The first-order valence-electron chi connectivity index (χ1n) is 6.33. The molecule has 0 spiro atoms. The Kier molecular flexibility index (Phi) is 6.42. The van der Waals surface area contributed by atoms with Crippen molar-refractivity contribution >= 4 is 5.91 Å². The lowest BCUT2D eigenvalue weighted by Crippen LogP contribution is -2.32. The molecule has 1 atom stereocenters. The van der Waals surface area contributed by atoms with Gasteiger partial charge in [0.1, 0.15) is 0 Å². The first-order valence-corrected chi connectivity index (χ1v) is 6.33. The van der Waals surface area contributed by atoms with Crippen LogP contribution in [0.1, 0.15) is 39.5 Å². The minimum Gasteiger partial charge on any atom is -0.380 e. The lowest BCUT2D eigenvalue weighted by Gasteiger charge is -2.13. The van der Waals surface area contributed by atoms with Crippen LogP contribution in [0, 0.1) is 0 Å². The maximum atomic E-state index is 11.3. The molecule has 4 nitrogen and oxygen atoms in total. The summed E-state index contributed by atoms with van der Waals surface area (Å²) in [4.78, 5) is 11.3. The Balaban J connectivity index is 1.87. The Morgan fingerprint density at radius 1 is 1.50 bits per heavy atom. The predicted molar refractivity (Wildman–Crippen MR) is 64.4 cm³/mol. The molecule has 1 aliphatic carbocycles. The summed E-state index contributed by atoms with van der Waals surface area (Å²) in [6.07, 6.45) is 3.85. The van der Waals surface area contributed by atoms with Crippen LogP contribution in [-0.2, 0) is 9.53 Å². The van der Waals surface area contributed by atoms with E-state index in [2.05, 4.69) is 17.6 Å². The van der Waals surface area contributed by atoms with Crippen molar-refractivity contribution in [3.05, 3.63) is 0 Å². The molecule has 1 saturated carbocycles. The highest BCUT2D eigenvalue weighted by Crippen LogP contribution is 2.18. The number of hydrogen-bond acceptors (Lipinski definition) is 3. The van der Waals surface area contributed by atoms with Crippen LogP contribution >= 0.6 is 0 Å². The van der Waals surface area contributed by atoms with Gasteiger partial charge in [0.25, 0.3) is 0 Å². The van der Waals surface area contributed by atoms with Crippen molar-refractivity contribution in [3.63, 3.8) is 0 Å². The minimum atomic E-state index is 0.196. The lowest BCUT2D eigenvalue weighted by molar-refractivity contribution is -0.121. The molecule has 2 N–H and O–H groups in total. The van der Waals surface area contributed by atoms with Gasteiger partial charge in [-0.1, -0.05) is 0 Å². The number of rotatable bonds is 9. The highest BCUT2D eigenvalue weighted by atomic mass is 16.5. The van der Waals surface area contributed by atoms with Crippen molar-refractivity contribution in [2.75, 3.05) is 19.8 Å². The molecule has 0 saturated heterocycles. The number of carbonyl (C=O) groups is 1. The monoisotopic (exact) mass is 228 g/mol. The Hall–Kier alpha value is -0.610. The van der Waals surface area contributed by atoms with Crippen molar-refractivity contribution in [1.82, 2.24) is 10.6 Å². The normalized spacial score (nSPS) is 17.1. The zero-order chi connectivity index (χ0) is 11.8. The molecule has 0 aliphatic heterocycles. The van der Waals surface area contributed by atoms with E-state index in [1.165, 1.54) is 0 Å². The third-order valence-electron chi connectivity index (χ3n) is 2.59. The molecular weight excluding hydrogens is 204 g/mol. The van der Waals surface area contributed by atoms with Gasteiger partial charge in [0.2, 0.25) is 5.91 Å². The first kappa shape index (κ1) is 13.5. The van der Waals surface area contributed by atoms with E-state index in [-0.39, 0.29) is 5.91 Å². The zero-order valence-electron chi connectivity index (χ0n) is 10.4. The van der Waals surface area contributed by atoms with Crippen LogP contribution in [0.25, 0.3) is 0 Å². The lowest BCUT2D eigenvalue weighted by atomic mass is 10.2. The minimum absolute atomic E-state index is 0.196. The summed E-state index contributed by atoms with van der Waals surface area (Å²) in [6, 6.07) is 0.851. The van der Waals surface area contributed by atoms with E-state index < -0.39 is 0 Å². The molecule has 0 aromatic rings. The molecule has 1 rings (SSSR count). The van der Waals surface area contributed by atoms with Crippen molar-refractivity contribution in [2.24, 2.45) is 0 Å². The van der Waals surface area contributed by atoms with Gasteiger partial charge < -0.3 is 15.4 Å². The average molecular weight is 228 g/mol. The van der Waals surface area contributed by atoms with E-state index in [0.717, 1.165) is 39.0 Å². The number of nitrogens with one attached hydrogen (secondary N) is 2. The Morgan fingerprint density at radius 2 is 2.25 bits per heavy atom. The van der Waals surface area contributed by atoms with Gasteiger partial charge in [-0.3, -0.25) is 4.79 Å². The molecular formula is C12H24N2O2. The molecule has 94 valence electrons. The van der Waals surface area contributed by atoms with E-state index in [0.29, 0.717) is 18.5 Å². The molecule has 0 aromatic carbocycles. The third kappa shape index (κ3) is 6.80. The SMILES string of the molecule is CCOCC(C)NCCCC(=O)NC1CC1. The summed E-state index contributed by atoms with van der Waals surface area (Å²) in [5.41, 5.74) is 0. The fourth-order valence-corrected chi connectivity index (χ4v) is 1.48. The van der Waals surface area contributed by atoms with Gasteiger partial charge in [0.15, 0.2) is 0 Å². The summed E-state index contributed by atoms with van der Waals surface area (Å²) in [5.74, 6) is 0.196. The van der Waals surface area contributed by atoms with Crippen LogP contribution in [0.5, 0.6) is 0 Å².